The molecule has 1 aromatic heterocycles. The monoisotopic (exact) mass is 441 g/mol. The fourth-order valence-electron chi connectivity index (χ4n) is 3.71. The van der Waals surface area contributed by atoms with Crippen LogP contribution < -0.4 is 5.32 Å². The number of imide groups is 1. The number of aromatic nitrogens is 1. The molecule has 9 heteroatoms. The molecule has 0 bridgehead atoms. The van der Waals surface area contributed by atoms with E-state index < -0.39 is 11.8 Å². The molecule has 7 nitrogen and oxygen atoms in total. The van der Waals surface area contributed by atoms with E-state index in [1.54, 1.807) is 24.3 Å². The van der Waals surface area contributed by atoms with E-state index >= 15 is 0 Å². The van der Waals surface area contributed by atoms with Crippen LogP contribution in [0.1, 0.15) is 43.9 Å². The summed E-state index contributed by atoms with van der Waals surface area (Å²) in [7, 11) is 0. The molecule has 1 atom stereocenters. The first kappa shape index (κ1) is 19.2. The Bertz CT molecular complexity index is 1200. The van der Waals surface area contributed by atoms with Crippen molar-refractivity contribution in [2.75, 3.05) is 18.5 Å². The molecule has 30 heavy (non-hydrogen) atoms. The summed E-state index contributed by atoms with van der Waals surface area (Å²) in [6.07, 6.45) is 1.63. The van der Waals surface area contributed by atoms with Gasteiger partial charge in [-0.2, -0.15) is 0 Å². The Balaban J connectivity index is 1.36. The van der Waals surface area contributed by atoms with Gasteiger partial charge in [0.25, 0.3) is 17.7 Å². The van der Waals surface area contributed by atoms with Gasteiger partial charge in [0, 0.05) is 17.2 Å². The molecule has 152 valence electrons. The Hall–Kier alpha value is -2.81. The predicted molar refractivity (Wildman–Crippen MR) is 113 cm³/mol. The number of rotatable bonds is 4. The fraction of sp³-hybridized carbons (Fsp3) is 0.238. The molecule has 1 unspecified atom stereocenters. The summed E-state index contributed by atoms with van der Waals surface area (Å²) in [5.74, 6) is -1.14. The van der Waals surface area contributed by atoms with Crippen molar-refractivity contribution in [2.24, 2.45) is 0 Å². The van der Waals surface area contributed by atoms with Gasteiger partial charge in [-0.1, -0.05) is 22.9 Å². The van der Waals surface area contributed by atoms with Gasteiger partial charge < -0.3 is 4.74 Å². The van der Waals surface area contributed by atoms with Crippen molar-refractivity contribution in [1.82, 2.24) is 9.88 Å². The van der Waals surface area contributed by atoms with Crippen molar-refractivity contribution in [3.8, 4) is 0 Å². The van der Waals surface area contributed by atoms with E-state index in [0.29, 0.717) is 22.3 Å². The smallest absolute Gasteiger partial charge is 0.261 e. The number of hydrogen-bond donors (Lipinski definition) is 1. The molecule has 0 radical (unpaired) electrons. The van der Waals surface area contributed by atoms with Crippen LogP contribution in [0, 0.1) is 0 Å². The van der Waals surface area contributed by atoms with Gasteiger partial charge in [-0.25, -0.2) is 4.98 Å². The Morgan fingerprint density at radius 2 is 2.03 bits per heavy atom. The quantitative estimate of drug-likeness (QED) is 0.619. The number of hydrogen-bond acceptors (Lipinski definition) is 6. The van der Waals surface area contributed by atoms with Gasteiger partial charge in [0.1, 0.15) is 0 Å². The van der Waals surface area contributed by atoms with Crippen LogP contribution in [-0.2, 0) is 4.74 Å². The third kappa shape index (κ3) is 3.36. The standard InChI is InChI=1S/C21H16ClN3O4S/c22-12-4-6-16-17(9-12)30-21(23-16)24-18(26)11-3-5-14-15(8-11)20(28)25(19(14)27)10-13-2-1-7-29-13/h3-6,8-9,13H,1-2,7,10H2,(H,23,24,26). The van der Waals surface area contributed by atoms with Gasteiger partial charge in [0.05, 0.1) is 34.0 Å². The normalized spacial score (nSPS) is 18.3. The lowest BCUT2D eigenvalue weighted by Gasteiger charge is -2.17. The third-order valence-corrected chi connectivity index (χ3v) is 6.38. The molecule has 2 aromatic carbocycles. The maximum absolute atomic E-state index is 12.8. The highest BCUT2D eigenvalue weighted by atomic mass is 35.5. The molecule has 0 saturated carbocycles. The highest BCUT2D eigenvalue weighted by Crippen LogP contribution is 2.30. The van der Waals surface area contributed by atoms with E-state index in [9.17, 15) is 14.4 Å². The molecule has 0 aliphatic carbocycles. The van der Waals surface area contributed by atoms with Gasteiger partial charge in [-0.15, -0.1) is 0 Å². The largest absolute Gasteiger partial charge is 0.376 e. The zero-order valence-corrected chi connectivity index (χ0v) is 17.3. The predicted octanol–water partition coefficient (Wildman–Crippen LogP) is 3.98. The van der Waals surface area contributed by atoms with Crippen LogP contribution in [0.2, 0.25) is 5.02 Å². The molecule has 1 fully saturated rings. The van der Waals surface area contributed by atoms with E-state index in [2.05, 4.69) is 10.3 Å². The van der Waals surface area contributed by atoms with E-state index in [1.807, 2.05) is 0 Å². The van der Waals surface area contributed by atoms with Crippen LogP contribution in [0.25, 0.3) is 10.2 Å². The van der Waals surface area contributed by atoms with Gasteiger partial charge >= 0.3 is 0 Å². The van der Waals surface area contributed by atoms with Crippen LogP contribution in [-0.4, -0.2) is 46.9 Å². The topological polar surface area (TPSA) is 88.6 Å². The Labute approximate surface area is 180 Å². The van der Waals surface area contributed by atoms with Gasteiger partial charge in [-0.3, -0.25) is 24.6 Å². The van der Waals surface area contributed by atoms with Gasteiger partial charge in [0.15, 0.2) is 5.13 Å². The molecule has 5 rings (SSSR count). The Kier molecular flexibility index (Phi) is 4.77. The van der Waals surface area contributed by atoms with E-state index in [0.717, 1.165) is 23.1 Å². The van der Waals surface area contributed by atoms with Crippen LogP contribution >= 0.6 is 22.9 Å². The Morgan fingerprint density at radius 1 is 1.20 bits per heavy atom. The Morgan fingerprint density at radius 3 is 2.83 bits per heavy atom. The number of nitrogens with one attached hydrogen (secondary N) is 1. The van der Waals surface area contributed by atoms with Crippen LogP contribution in [0.3, 0.4) is 0 Å². The summed E-state index contributed by atoms with van der Waals surface area (Å²) in [4.78, 5) is 43.7. The molecule has 2 aliphatic rings. The lowest BCUT2D eigenvalue weighted by molar-refractivity contribution is 0.0475. The number of thiazole rings is 1. The molecular formula is C21H16ClN3O4S. The third-order valence-electron chi connectivity index (χ3n) is 5.21. The summed E-state index contributed by atoms with van der Waals surface area (Å²) < 4.78 is 6.41. The van der Waals surface area contributed by atoms with Crippen molar-refractivity contribution < 1.29 is 19.1 Å². The number of ether oxygens (including phenoxy) is 1. The number of anilines is 1. The second-order valence-electron chi connectivity index (χ2n) is 7.20. The zero-order valence-electron chi connectivity index (χ0n) is 15.7. The molecule has 3 heterocycles. The summed E-state index contributed by atoms with van der Waals surface area (Å²) in [6.45, 7) is 0.887. The number of benzene rings is 2. The lowest BCUT2D eigenvalue weighted by Crippen LogP contribution is -2.36. The average Bonchev–Trinajstić information content (AvgIpc) is 3.43. The summed E-state index contributed by atoms with van der Waals surface area (Å²) >= 11 is 7.30. The minimum absolute atomic E-state index is 0.123. The minimum Gasteiger partial charge on any atom is -0.376 e. The SMILES string of the molecule is O=C(Nc1nc2ccc(Cl)cc2s1)c1ccc2c(c1)C(=O)N(CC1CCCO1)C2=O. The molecular weight excluding hydrogens is 426 g/mol. The van der Waals surface area contributed by atoms with Crippen LogP contribution in [0.5, 0.6) is 0 Å². The second kappa shape index (κ2) is 7.46. The number of halogens is 1. The number of fused-ring (bicyclic) bond motifs is 2. The highest BCUT2D eigenvalue weighted by molar-refractivity contribution is 7.22. The molecule has 1 N–H and O–H groups in total. The van der Waals surface area contributed by atoms with Crippen molar-refractivity contribution >= 4 is 56.0 Å². The second-order valence-corrected chi connectivity index (χ2v) is 8.67. The van der Waals surface area contributed by atoms with Gasteiger partial charge in [-0.05, 0) is 49.2 Å². The molecule has 1 saturated heterocycles. The first-order valence-corrected chi connectivity index (χ1v) is 10.7. The van der Waals surface area contributed by atoms with E-state index in [-0.39, 0.29) is 29.7 Å². The zero-order chi connectivity index (χ0) is 20.8. The first-order chi connectivity index (χ1) is 14.5. The number of carbonyl (C=O) groups is 3. The lowest BCUT2D eigenvalue weighted by atomic mass is 10.1. The molecule has 0 spiro atoms. The summed E-state index contributed by atoms with van der Waals surface area (Å²) in [5, 5.41) is 3.78. The van der Waals surface area contributed by atoms with E-state index in [4.69, 9.17) is 16.3 Å². The molecule has 3 aromatic rings. The fourth-order valence-corrected chi connectivity index (χ4v) is 4.85. The van der Waals surface area contributed by atoms with Crippen molar-refractivity contribution in [2.45, 2.75) is 18.9 Å². The minimum atomic E-state index is -0.402. The van der Waals surface area contributed by atoms with E-state index in [1.165, 1.54) is 28.4 Å². The highest BCUT2D eigenvalue weighted by Gasteiger charge is 2.38. The van der Waals surface area contributed by atoms with Crippen LogP contribution in [0.4, 0.5) is 5.13 Å². The number of amides is 3. The molecule has 2 aliphatic heterocycles. The van der Waals surface area contributed by atoms with Crippen molar-refractivity contribution in [1.29, 1.82) is 0 Å². The van der Waals surface area contributed by atoms with Crippen LogP contribution in [0.15, 0.2) is 36.4 Å². The number of nitrogens with zero attached hydrogens (tertiary/aromatic N) is 2. The summed E-state index contributed by atoms with van der Waals surface area (Å²) in [6, 6.07) is 9.83. The maximum atomic E-state index is 12.8. The molecule has 3 amide bonds. The first-order valence-electron chi connectivity index (χ1n) is 9.49. The van der Waals surface area contributed by atoms with Crippen molar-refractivity contribution in [3.05, 3.63) is 58.1 Å². The summed E-state index contributed by atoms with van der Waals surface area (Å²) in [5.41, 5.74) is 1.57. The van der Waals surface area contributed by atoms with Crippen molar-refractivity contribution in [3.63, 3.8) is 0 Å². The number of carbonyl (C=O) groups excluding carboxylic acids is 3. The maximum Gasteiger partial charge on any atom is 0.261 e. The van der Waals surface area contributed by atoms with Gasteiger partial charge in [0.2, 0.25) is 0 Å². The average molecular weight is 442 g/mol.